The molecule has 3 aromatic rings. The number of fused-ring (bicyclic) bond motifs is 1. The minimum atomic E-state index is -0.555. The molecule has 1 aromatic carbocycles. The van der Waals surface area contributed by atoms with Crippen molar-refractivity contribution in [3.8, 4) is 0 Å². The molecular weight excluding hydrogens is 310 g/mol. The van der Waals surface area contributed by atoms with Gasteiger partial charge in [0.25, 0.3) is 5.91 Å². The number of aromatic amines is 1. The van der Waals surface area contributed by atoms with E-state index in [0.717, 1.165) is 0 Å². The summed E-state index contributed by atoms with van der Waals surface area (Å²) in [4.78, 5) is 42.3. The molecule has 2 heterocycles. The highest BCUT2D eigenvalue weighted by atomic mass is 16.5. The average Bonchev–Trinajstić information content (AvgIpc) is 2.60. The van der Waals surface area contributed by atoms with E-state index < -0.39 is 11.9 Å². The third-order valence-corrected chi connectivity index (χ3v) is 3.41. The van der Waals surface area contributed by atoms with Crippen LogP contribution in [0, 0.1) is 0 Å². The van der Waals surface area contributed by atoms with Gasteiger partial charge in [-0.15, -0.1) is 0 Å². The van der Waals surface area contributed by atoms with Gasteiger partial charge in [0.15, 0.2) is 0 Å². The van der Waals surface area contributed by atoms with E-state index >= 15 is 0 Å². The molecule has 7 heteroatoms. The minimum absolute atomic E-state index is 0.214. The maximum Gasteiger partial charge on any atom is 0.339 e. The third-order valence-electron chi connectivity index (χ3n) is 3.41. The number of esters is 1. The number of para-hydroxylation sites is 1. The average molecular weight is 323 g/mol. The Labute approximate surface area is 136 Å². The summed E-state index contributed by atoms with van der Waals surface area (Å²) in [7, 11) is 1.26. The van der Waals surface area contributed by atoms with E-state index in [0.29, 0.717) is 16.6 Å². The van der Waals surface area contributed by atoms with Gasteiger partial charge in [-0.3, -0.25) is 14.6 Å². The SMILES string of the molecule is COC(=O)c1cncc(NC(=O)c2cc(=O)[nH]c3ccccc23)c1. The zero-order chi connectivity index (χ0) is 17.1. The number of amides is 1. The lowest BCUT2D eigenvalue weighted by molar-refractivity contribution is 0.0600. The summed E-state index contributed by atoms with van der Waals surface area (Å²) in [5.41, 5.74) is 0.966. The Kier molecular flexibility index (Phi) is 4.07. The Hall–Kier alpha value is -3.48. The minimum Gasteiger partial charge on any atom is -0.465 e. The number of pyridine rings is 2. The first-order valence-electron chi connectivity index (χ1n) is 7.05. The number of aromatic nitrogens is 2. The molecule has 7 nitrogen and oxygen atoms in total. The Morgan fingerprint density at radius 2 is 1.96 bits per heavy atom. The van der Waals surface area contributed by atoms with Crippen molar-refractivity contribution in [2.75, 3.05) is 12.4 Å². The maximum absolute atomic E-state index is 12.5. The van der Waals surface area contributed by atoms with Gasteiger partial charge in [-0.2, -0.15) is 0 Å². The van der Waals surface area contributed by atoms with Crippen LogP contribution in [0.5, 0.6) is 0 Å². The predicted molar refractivity (Wildman–Crippen MR) is 88.1 cm³/mol. The van der Waals surface area contributed by atoms with E-state index in [2.05, 4.69) is 20.0 Å². The van der Waals surface area contributed by atoms with Gasteiger partial charge in [0, 0.05) is 23.2 Å². The maximum atomic E-state index is 12.5. The highest BCUT2D eigenvalue weighted by Gasteiger charge is 2.13. The van der Waals surface area contributed by atoms with Gasteiger partial charge < -0.3 is 15.0 Å². The second kappa shape index (κ2) is 6.33. The van der Waals surface area contributed by atoms with E-state index in [4.69, 9.17) is 0 Å². The number of nitrogens with one attached hydrogen (secondary N) is 2. The number of hydrogen-bond acceptors (Lipinski definition) is 5. The number of methoxy groups -OCH3 is 1. The summed E-state index contributed by atoms with van der Waals surface area (Å²) in [5.74, 6) is -1.03. The van der Waals surface area contributed by atoms with Crippen LogP contribution >= 0.6 is 0 Å². The zero-order valence-corrected chi connectivity index (χ0v) is 12.7. The second-order valence-electron chi connectivity index (χ2n) is 5.00. The van der Waals surface area contributed by atoms with E-state index in [-0.39, 0.29) is 16.7 Å². The fourth-order valence-corrected chi connectivity index (χ4v) is 2.33. The summed E-state index contributed by atoms with van der Waals surface area (Å²) in [5, 5.41) is 3.25. The lowest BCUT2D eigenvalue weighted by Gasteiger charge is -2.08. The molecule has 120 valence electrons. The van der Waals surface area contributed by atoms with Crippen LogP contribution in [-0.2, 0) is 4.74 Å². The molecule has 0 radical (unpaired) electrons. The molecule has 0 saturated heterocycles. The van der Waals surface area contributed by atoms with Gasteiger partial charge in [-0.25, -0.2) is 4.79 Å². The van der Waals surface area contributed by atoms with E-state index in [1.165, 1.54) is 31.6 Å². The first kappa shape index (κ1) is 15.4. The smallest absolute Gasteiger partial charge is 0.339 e. The van der Waals surface area contributed by atoms with Crippen molar-refractivity contribution in [2.24, 2.45) is 0 Å². The van der Waals surface area contributed by atoms with Crippen molar-refractivity contribution in [2.45, 2.75) is 0 Å². The summed E-state index contributed by atoms with van der Waals surface area (Å²) in [6, 6.07) is 9.68. The largest absolute Gasteiger partial charge is 0.465 e. The lowest BCUT2D eigenvalue weighted by atomic mass is 10.1. The number of anilines is 1. The molecule has 0 atom stereocenters. The normalized spacial score (nSPS) is 10.4. The molecular formula is C17H13N3O4. The van der Waals surface area contributed by atoms with Crippen LogP contribution in [0.15, 0.2) is 53.6 Å². The van der Waals surface area contributed by atoms with Crippen LogP contribution in [0.2, 0.25) is 0 Å². The summed E-state index contributed by atoms with van der Waals surface area (Å²) < 4.78 is 4.62. The molecule has 2 aromatic heterocycles. The number of carbonyl (C=O) groups is 2. The van der Waals surface area contributed by atoms with Crippen LogP contribution in [-0.4, -0.2) is 29.0 Å². The van der Waals surface area contributed by atoms with Crippen molar-refractivity contribution < 1.29 is 14.3 Å². The summed E-state index contributed by atoms with van der Waals surface area (Å²) in [6.45, 7) is 0. The van der Waals surface area contributed by atoms with Crippen LogP contribution in [0.25, 0.3) is 10.9 Å². The number of carbonyl (C=O) groups excluding carboxylic acids is 2. The van der Waals surface area contributed by atoms with Gasteiger partial charge in [0.2, 0.25) is 5.56 Å². The van der Waals surface area contributed by atoms with Gasteiger partial charge in [-0.1, -0.05) is 18.2 Å². The van der Waals surface area contributed by atoms with Crippen molar-refractivity contribution >= 4 is 28.5 Å². The van der Waals surface area contributed by atoms with Crippen molar-refractivity contribution in [1.29, 1.82) is 0 Å². The fourth-order valence-electron chi connectivity index (χ4n) is 2.33. The topological polar surface area (TPSA) is 101 Å². The molecule has 0 aliphatic rings. The monoisotopic (exact) mass is 323 g/mol. The molecule has 1 amide bonds. The van der Waals surface area contributed by atoms with E-state index in [1.807, 2.05) is 0 Å². The second-order valence-corrected chi connectivity index (χ2v) is 5.00. The van der Waals surface area contributed by atoms with Gasteiger partial charge in [0.05, 0.1) is 30.1 Å². The Bertz CT molecular complexity index is 994. The Morgan fingerprint density at radius 1 is 1.17 bits per heavy atom. The summed E-state index contributed by atoms with van der Waals surface area (Å²) in [6.07, 6.45) is 2.74. The number of H-pyrrole nitrogens is 1. The molecule has 0 bridgehead atoms. The highest BCUT2D eigenvalue weighted by molar-refractivity contribution is 6.12. The van der Waals surface area contributed by atoms with Crippen molar-refractivity contribution in [1.82, 2.24) is 9.97 Å². The highest BCUT2D eigenvalue weighted by Crippen LogP contribution is 2.17. The van der Waals surface area contributed by atoms with Crippen LogP contribution < -0.4 is 10.9 Å². The van der Waals surface area contributed by atoms with Crippen molar-refractivity contribution in [3.63, 3.8) is 0 Å². The first-order chi connectivity index (χ1) is 11.6. The molecule has 0 aliphatic heterocycles. The number of nitrogens with zero attached hydrogens (tertiary/aromatic N) is 1. The molecule has 3 rings (SSSR count). The van der Waals surface area contributed by atoms with E-state index in [1.54, 1.807) is 24.3 Å². The number of benzene rings is 1. The molecule has 24 heavy (non-hydrogen) atoms. The molecule has 0 unspecified atom stereocenters. The number of hydrogen-bond donors (Lipinski definition) is 2. The van der Waals surface area contributed by atoms with Crippen LogP contribution in [0.3, 0.4) is 0 Å². The van der Waals surface area contributed by atoms with Gasteiger partial charge in [-0.05, 0) is 12.1 Å². The number of ether oxygens (including phenoxy) is 1. The van der Waals surface area contributed by atoms with Crippen molar-refractivity contribution in [3.05, 3.63) is 70.3 Å². The molecule has 0 aliphatic carbocycles. The van der Waals surface area contributed by atoms with Crippen LogP contribution in [0.1, 0.15) is 20.7 Å². The summed E-state index contributed by atoms with van der Waals surface area (Å²) >= 11 is 0. The quantitative estimate of drug-likeness (QED) is 0.718. The first-order valence-corrected chi connectivity index (χ1v) is 7.05. The Balaban J connectivity index is 1.96. The lowest BCUT2D eigenvalue weighted by Crippen LogP contribution is -2.17. The van der Waals surface area contributed by atoms with Gasteiger partial charge in [0.1, 0.15) is 0 Å². The van der Waals surface area contributed by atoms with E-state index in [9.17, 15) is 14.4 Å². The van der Waals surface area contributed by atoms with Gasteiger partial charge >= 0.3 is 5.97 Å². The molecule has 0 spiro atoms. The molecule has 0 saturated carbocycles. The predicted octanol–water partition coefficient (Wildman–Crippen LogP) is 1.96. The number of rotatable bonds is 3. The Morgan fingerprint density at radius 3 is 2.75 bits per heavy atom. The van der Waals surface area contributed by atoms with Crippen LogP contribution in [0.4, 0.5) is 5.69 Å². The fraction of sp³-hybridized carbons (Fsp3) is 0.0588. The standard InChI is InChI=1S/C17H13N3O4/c1-24-17(23)10-6-11(9-18-8-10)19-16(22)13-7-15(21)20-14-5-3-2-4-12(13)14/h2-9H,1H3,(H,19,22)(H,20,21). The zero-order valence-electron chi connectivity index (χ0n) is 12.7. The molecule has 2 N–H and O–H groups in total. The third kappa shape index (κ3) is 3.00. The molecule has 0 fully saturated rings.